The number of thioether (sulfide) groups is 1. The van der Waals surface area contributed by atoms with Crippen molar-refractivity contribution >= 4 is 11.8 Å². The fourth-order valence-electron chi connectivity index (χ4n) is 2.28. The molecular weight excluding hydrogens is 264 g/mol. The summed E-state index contributed by atoms with van der Waals surface area (Å²) in [7, 11) is 0. The van der Waals surface area contributed by atoms with Crippen LogP contribution in [0.15, 0.2) is 24.3 Å². The molecule has 0 aliphatic rings. The Labute approximate surface area is 128 Å². The van der Waals surface area contributed by atoms with Gasteiger partial charge in [0.2, 0.25) is 0 Å². The van der Waals surface area contributed by atoms with E-state index in [0.29, 0.717) is 6.04 Å². The zero-order valence-corrected chi connectivity index (χ0v) is 13.9. The molecule has 0 amide bonds. The predicted octanol–water partition coefficient (Wildman–Crippen LogP) is 4.29. The van der Waals surface area contributed by atoms with Gasteiger partial charge in [0.05, 0.1) is 6.07 Å². The topological polar surface area (TPSA) is 35.8 Å². The second-order valence-electron chi connectivity index (χ2n) is 5.83. The number of nitrogens with zero attached hydrogens (tertiary/aromatic N) is 1. The molecule has 110 valence electrons. The summed E-state index contributed by atoms with van der Waals surface area (Å²) in [5.41, 5.74) is 2.39. The first kappa shape index (κ1) is 17.1. The normalized spacial score (nSPS) is 14.0. The first-order chi connectivity index (χ1) is 9.47. The summed E-state index contributed by atoms with van der Waals surface area (Å²) in [5.74, 6) is 2.17. The second-order valence-corrected chi connectivity index (χ2v) is 6.93. The summed E-state index contributed by atoms with van der Waals surface area (Å²) in [4.78, 5) is 0. The van der Waals surface area contributed by atoms with Crippen LogP contribution in [0.2, 0.25) is 0 Å². The molecule has 0 aliphatic heterocycles. The lowest BCUT2D eigenvalue weighted by molar-refractivity contribution is 0.380. The summed E-state index contributed by atoms with van der Waals surface area (Å²) in [5, 5.41) is 12.6. The van der Waals surface area contributed by atoms with E-state index in [1.54, 1.807) is 0 Å². The maximum absolute atomic E-state index is 9.29. The molecule has 1 aromatic rings. The molecule has 0 bridgehead atoms. The number of benzene rings is 1. The van der Waals surface area contributed by atoms with E-state index in [4.69, 9.17) is 0 Å². The molecule has 3 heteroatoms. The third-order valence-corrected chi connectivity index (χ3v) is 4.43. The number of nitrogens with one attached hydrogen (secondary N) is 1. The molecule has 0 aromatic heterocycles. The first-order valence-corrected chi connectivity index (χ1v) is 8.43. The Morgan fingerprint density at radius 2 is 2.05 bits per heavy atom. The number of hydrogen-bond acceptors (Lipinski definition) is 3. The minimum atomic E-state index is -0.391. The van der Waals surface area contributed by atoms with Gasteiger partial charge in [-0.05, 0) is 57.4 Å². The number of rotatable bonds is 8. The largest absolute Gasteiger partial charge is 0.297 e. The molecule has 1 unspecified atom stereocenters. The van der Waals surface area contributed by atoms with E-state index in [9.17, 15) is 5.26 Å². The number of hydrogen-bond donors (Lipinski definition) is 1. The third kappa shape index (κ3) is 5.98. The highest BCUT2D eigenvalue weighted by Gasteiger charge is 2.23. The van der Waals surface area contributed by atoms with E-state index >= 15 is 0 Å². The van der Waals surface area contributed by atoms with Gasteiger partial charge in [-0.3, -0.25) is 5.32 Å². The van der Waals surface area contributed by atoms with Crippen LogP contribution in [0.25, 0.3) is 0 Å². The van der Waals surface area contributed by atoms with Crippen LogP contribution in [0.5, 0.6) is 0 Å². The van der Waals surface area contributed by atoms with E-state index in [0.717, 1.165) is 24.3 Å². The van der Waals surface area contributed by atoms with E-state index in [2.05, 4.69) is 56.4 Å². The Balaban J connectivity index is 2.28. The summed E-state index contributed by atoms with van der Waals surface area (Å²) in [6, 6.07) is 11.3. The molecule has 0 saturated carbocycles. The fourth-order valence-corrected chi connectivity index (χ4v) is 3.32. The van der Waals surface area contributed by atoms with Gasteiger partial charge in [-0.25, -0.2) is 0 Å². The molecule has 1 aromatic carbocycles. The van der Waals surface area contributed by atoms with E-state index in [1.165, 1.54) is 11.1 Å². The average Bonchev–Trinajstić information content (AvgIpc) is 2.39. The molecule has 0 saturated heterocycles. The Bertz CT molecular complexity index is 451. The lowest BCUT2D eigenvalue weighted by atomic mass is 9.97. The van der Waals surface area contributed by atoms with Gasteiger partial charge >= 0.3 is 0 Å². The van der Waals surface area contributed by atoms with Crippen LogP contribution >= 0.6 is 11.8 Å². The van der Waals surface area contributed by atoms with Crippen LogP contribution in [0, 0.1) is 18.3 Å². The summed E-state index contributed by atoms with van der Waals surface area (Å²) in [6.45, 7) is 8.33. The SMILES string of the molecule is Cc1ccccc1CSCCCC(C)(C#N)NC(C)C. The zero-order chi connectivity index (χ0) is 15.0. The minimum Gasteiger partial charge on any atom is -0.297 e. The first-order valence-electron chi connectivity index (χ1n) is 7.28. The molecule has 20 heavy (non-hydrogen) atoms. The molecule has 1 N–H and O–H groups in total. The van der Waals surface area contributed by atoms with Crippen molar-refractivity contribution in [2.45, 2.75) is 57.9 Å². The van der Waals surface area contributed by atoms with Crippen LogP contribution in [0.4, 0.5) is 0 Å². The van der Waals surface area contributed by atoms with E-state index in [1.807, 2.05) is 18.7 Å². The van der Waals surface area contributed by atoms with Gasteiger partial charge in [0.1, 0.15) is 5.54 Å². The smallest absolute Gasteiger partial charge is 0.104 e. The van der Waals surface area contributed by atoms with Crippen molar-refractivity contribution in [3.8, 4) is 6.07 Å². The molecule has 0 radical (unpaired) electrons. The monoisotopic (exact) mass is 290 g/mol. The summed E-state index contributed by atoms with van der Waals surface area (Å²) < 4.78 is 0. The highest BCUT2D eigenvalue weighted by atomic mass is 32.2. The van der Waals surface area contributed by atoms with Crippen molar-refractivity contribution in [3.05, 3.63) is 35.4 Å². The molecule has 0 aliphatic carbocycles. The standard InChI is InChI=1S/C17H26N2S/c1-14(2)19-17(4,13-18)10-7-11-20-12-16-9-6-5-8-15(16)3/h5-6,8-9,14,19H,7,10-12H2,1-4H3. The van der Waals surface area contributed by atoms with Crippen molar-refractivity contribution in [3.63, 3.8) is 0 Å². The van der Waals surface area contributed by atoms with E-state index in [-0.39, 0.29) is 0 Å². The third-order valence-electron chi connectivity index (χ3n) is 3.34. The van der Waals surface area contributed by atoms with Gasteiger partial charge in [0.25, 0.3) is 0 Å². The highest BCUT2D eigenvalue weighted by molar-refractivity contribution is 7.98. The number of aryl methyl sites for hydroxylation is 1. The zero-order valence-electron chi connectivity index (χ0n) is 13.1. The van der Waals surface area contributed by atoms with Crippen LogP contribution in [0.3, 0.4) is 0 Å². The quantitative estimate of drug-likeness (QED) is 0.726. The van der Waals surface area contributed by atoms with Gasteiger partial charge in [0, 0.05) is 11.8 Å². The van der Waals surface area contributed by atoms with Crippen molar-refractivity contribution in [1.29, 1.82) is 5.26 Å². The lowest BCUT2D eigenvalue weighted by Crippen LogP contribution is -2.44. The maximum Gasteiger partial charge on any atom is 0.104 e. The van der Waals surface area contributed by atoms with Gasteiger partial charge in [0.15, 0.2) is 0 Å². The van der Waals surface area contributed by atoms with Gasteiger partial charge < -0.3 is 0 Å². The Hall–Kier alpha value is -0.980. The molecule has 0 heterocycles. The van der Waals surface area contributed by atoms with Crippen molar-refractivity contribution in [1.82, 2.24) is 5.32 Å². The molecule has 0 spiro atoms. The molecular formula is C17H26N2S. The summed E-state index contributed by atoms with van der Waals surface area (Å²) in [6.07, 6.45) is 1.97. The van der Waals surface area contributed by atoms with Crippen LogP contribution in [0.1, 0.15) is 44.7 Å². The summed E-state index contributed by atoms with van der Waals surface area (Å²) >= 11 is 1.95. The number of nitriles is 1. The van der Waals surface area contributed by atoms with Gasteiger partial charge in [-0.2, -0.15) is 17.0 Å². The average molecular weight is 290 g/mol. The van der Waals surface area contributed by atoms with Crippen molar-refractivity contribution < 1.29 is 0 Å². The highest BCUT2D eigenvalue weighted by Crippen LogP contribution is 2.19. The minimum absolute atomic E-state index is 0.347. The maximum atomic E-state index is 9.29. The predicted molar refractivity (Wildman–Crippen MR) is 88.9 cm³/mol. The molecule has 2 nitrogen and oxygen atoms in total. The van der Waals surface area contributed by atoms with Crippen LogP contribution < -0.4 is 5.32 Å². The Kier molecular flexibility index (Phi) is 7.12. The second kappa shape index (κ2) is 8.34. The Morgan fingerprint density at radius 1 is 1.35 bits per heavy atom. The lowest BCUT2D eigenvalue weighted by Gasteiger charge is -2.25. The molecule has 1 atom stereocenters. The fraction of sp³-hybridized carbons (Fsp3) is 0.588. The van der Waals surface area contributed by atoms with Crippen molar-refractivity contribution in [2.24, 2.45) is 0 Å². The molecule has 1 rings (SSSR count). The van der Waals surface area contributed by atoms with Gasteiger partial charge in [-0.15, -0.1) is 0 Å². The molecule has 0 fully saturated rings. The van der Waals surface area contributed by atoms with Crippen molar-refractivity contribution in [2.75, 3.05) is 5.75 Å². The van der Waals surface area contributed by atoms with Crippen LogP contribution in [-0.2, 0) is 5.75 Å². The van der Waals surface area contributed by atoms with E-state index < -0.39 is 5.54 Å². The Morgan fingerprint density at radius 3 is 2.65 bits per heavy atom. The van der Waals surface area contributed by atoms with Gasteiger partial charge in [-0.1, -0.05) is 24.3 Å². The van der Waals surface area contributed by atoms with Crippen LogP contribution in [-0.4, -0.2) is 17.3 Å².